The van der Waals surface area contributed by atoms with Gasteiger partial charge in [0.25, 0.3) is 0 Å². The van der Waals surface area contributed by atoms with Gasteiger partial charge in [-0.25, -0.2) is 4.39 Å². The second kappa shape index (κ2) is 7.07. The maximum absolute atomic E-state index is 13.1. The van der Waals surface area contributed by atoms with Crippen LogP contribution in [-0.2, 0) is 14.9 Å². The van der Waals surface area contributed by atoms with Gasteiger partial charge in [-0.3, -0.25) is 0 Å². The Morgan fingerprint density at radius 3 is 2.41 bits per heavy atom. The fourth-order valence-corrected chi connectivity index (χ4v) is 2.92. The van der Waals surface area contributed by atoms with Crippen molar-refractivity contribution in [1.29, 1.82) is 0 Å². The summed E-state index contributed by atoms with van der Waals surface area (Å²) in [5.41, 5.74) is 0.909. The average molecular weight is 309 g/mol. The number of nitrogens with one attached hydrogen (secondary N) is 1. The molecule has 1 aliphatic heterocycles. The van der Waals surface area contributed by atoms with E-state index in [4.69, 9.17) is 9.47 Å². The molecule has 22 heavy (non-hydrogen) atoms. The molecule has 0 aromatic heterocycles. The molecule has 1 saturated heterocycles. The van der Waals surface area contributed by atoms with Crippen LogP contribution in [0.25, 0.3) is 0 Å². The van der Waals surface area contributed by atoms with Gasteiger partial charge in [0.1, 0.15) is 5.82 Å². The summed E-state index contributed by atoms with van der Waals surface area (Å²) in [6.07, 6.45) is 1.83. The van der Waals surface area contributed by atoms with Crippen molar-refractivity contribution in [2.75, 3.05) is 26.9 Å². The summed E-state index contributed by atoms with van der Waals surface area (Å²) in [5.74, 6) is -0.194. The van der Waals surface area contributed by atoms with Gasteiger partial charge in [-0.1, -0.05) is 26.0 Å². The number of halogens is 1. The first-order valence-electron chi connectivity index (χ1n) is 8.02. The molecular weight excluding hydrogens is 281 g/mol. The lowest BCUT2D eigenvalue weighted by Crippen LogP contribution is -2.52. The Labute approximate surface area is 133 Å². The number of hydrogen-bond acceptors (Lipinski definition) is 3. The number of hydrogen-bond donors (Lipinski definition) is 1. The van der Waals surface area contributed by atoms with Crippen molar-refractivity contribution in [3.05, 3.63) is 35.6 Å². The van der Waals surface area contributed by atoms with Crippen molar-refractivity contribution >= 4 is 0 Å². The molecule has 1 aromatic rings. The van der Waals surface area contributed by atoms with Crippen LogP contribution in [0.1, 0.15) is 39.2 Å². The normalized spacial score (nSPS) is 19.9. The van der Waals surface area contributed by atoms with E-state index in [-0.39, 0.29) is 22.9 Å². The van der Waals surface area contributed by atoms with Crippen LogP contribution < -0.4 is 5.32 Å². The predicted molar refractivity (Wildman–Crippen MR) is 86.7 cm³/mol. The molecule has 2 rings (SSSR count). The molecule has 0 unspecified atom stereocenters. The molecule has 1 heterocycles. The van der Waals surface area contributed by atoms with Crippen LogP contribution in [0.15, 0.2) is 24.3 Å². The van der Waals surface area contributed by atoms with E-state index < -0.39 is 0 Å². The lowest BCUT2D eigenvalue weighted by Gasteiger charge is -2.40. The van der Waals surface area contributed by atoms with Crippen LogP contribution in [-0.4, -0.2) is 38.5 Å². The molecule has 1 fully saturated rings. The minimum Gasteiger partial charge on any atom is -0.381 e. The van der Waals surface area contributed by atoms with E-state index in [9.17, 15) is 4.39 Å². The number of benzene rings is 1. The van der Waals surface area contributed by atoms with Gasteiger partial charge >= 0.3 is 0 Å². The van der Waals surface area contributed by atoms with Gasteiger partial charge in [0, 0.05) is 51.2 Å². The van der Waals surface area contributed by atoms with Crippen LogP contribution >= 0.6 is 0 Å². The highest BCUT2D eigenvalue weighted by Gasteiger charge is 2.35. The summed E-state index contributed by atoms with van der Waals surface area (Å²) in [4.78, 5) is 0. The summed E-state index contributed by atoms with van der Waals surface area (Å²) >= 11 is 0. The van der Waals surface area contributed by atoms with Gasteiger partial charge in [-0.2, -0.15) is 0 Å². The highest BCUT2D eigenvalue weighted by Crippen LogP contribution is 2.29. The van der Waals surface area contributed by atoms with Crippen LogP contribution in [0.3, 0.4) is 0 Å². The zero-order valence-corrected chi connectivity index (χ0v) is 14.1. The molecule has 1 atom stereocenters. The molecule has 3 nitrogen and oxygen atoms in total. The van der Waals surface area contributed by atoms with Gasteiger partial charge in [-0.15, -0.1) is 0 Å². The maximum atomic E-state index is 13.1. The number of rotatable bonds is 6. The third kappa shape index (κ3) is 3.86. The molecule has 1 aliphatic rings. The lowest BCUT2D eigenvalue weighted by atomic mass is 9.78. The van der Waals surface area contributed by atoms with E-state index in [1.807, 2.05) is 12.1 Å². The van der Waals surface area contributed by atoms with E-state index in [0.717, 1.165) is 38.2 Å². The van der Waals surface area contributed by atoms with Crippen LogP contribution in [0.5, 0.6) is 0 Å². The first-order valence-corrected chi connectivity index (χ1v) is 8.02. The highest BCUT2D eigenvalue weighted by molar-refractivity contribution is 5.26. The van der Waals surface area contributed by atoms with Crippen LogP contribution in [0.2, 0.25) is 0 Å². The van der Waals surface area contributed by atoms with Crippen molar-refractivity contribution < 1.29 is 13.9 Å². The summed E-state index contributed by atoms with van der Waals surface area (Å²) in [7, 11) is 1.78. The minimum absolute atomic E-state index is 0.0895. The van der Waals surface area contributed by atoms with E-state index in [2.05, 4.69) is 26.1 Å². The van der Waals surface area contributed by atoms with Crippen LogP contribution in [0.4, 0.5) is 4.39 Å². The van der Waals surface area contributed by atoms with Crippen molar-refractivity contribution in [3.63, 3.8) is 0 Å². The quantitative estimate of drug-likeness (QED) is 0.875. The zero-order chi connectivity index (χ0) is 16.2. The molecule has 0 amide bonds. The Hall–Kier alpha value is -0.970. The van der Waals surface area contributed by atoms with Gasteiger partial charge < -0.3 is 14.8 Å². The second-order valence-electron chi connectivity index (χ2n) is 6.83. The smallest absolute Gasteiger partial charge is 0.123 e. The van der Waals surface area contributed by atoms with Gasteiger partial charge in [0.05, 0.1) is 5.60 Å². The molecule has 4 heteroatoms. The Bertz CT molecular complexity index is 466. The Morgan fingerprint density at radius 2 is 1.86 bits per heavy atom. The van der Waals surface area contributed by atoms with E-state index in [1.54, 1.807) is 7.11 Å². The third-order valence-corrected chi connectivity index (χ3v) is 5.24. The van der Waals surface area contributed by atoms with E-state index in [0.29, 0.717) is 0 Å². The van der Waals surface area contributed by atoms with E-state index in [1.165, 1.54) is 12.1 Å². The van der Waals surface area contributed by atoms with Gasteiger partial charge in [0.15, 0.2) is 0 Å². The zero-order valence-electron chi connectivity index (χ0n) is 14.1. The highest BCUT2D eigenvalue weighted by atomic mass is 19.1. The van der Waals surface area contributed by atoms with Crippen LogP contribution in [0, 0.1) is 5.82 Å². The minimum atomic E-state index is -0.194. The first-order chi connectivity index (χ1) is 10.4. The number of methoxy groups -OCH3 is 1. The van der Waals surface area contributed by atoms with Gasteiger partial charge in [0.2, 0.25) is 0 Å². The molecule has 1 aromatic carbocycles. The molecule has 1 N–H and O–H groups in total. The standard InChI is InChI=1S/C18H28FNO2/c1-14(17(2,3)15-5-7-16(19)8-6-15)20-13-18(21-4)9-11-22-12-10-18/h5-8,14,20H,9-13H2,1-4H3/t14-/m0/s1. The summed E-state index contributed by atoms with van der Waals surface area (Å²) in [6.45, 7) is 8.85. The molecule has 0 aliphatic carbocycles. The van der Waals surface area contributed by atoms with Crippen molar-refractivity contribution in [2.45, 2.75) is 50.7 Å². The first kappa shape index (κ1) is 17.4. The third-order valence-electron chi connectivity index (χ3n) is 5.24. The average Bonchev–Trinajstić information content (AvgIpc) is 2.54. The largest absolute Gasteiger partial charge is 0.381 e. The SMILES string of the molecule is COC1(CN[C@@H](C)C(C)(C)c2ccc(F)cc2)CCOCC1. The molecule has 0 radical (unpaired) electrons. The predicted octanol–water partition coefficient (Wildman–Crippen LogP) is 3.28. The summed E-state index contributed by atoms with van der Waals surface area (Å²) in [6, 6.07) is 7.03. The second-order valence-corrected chi connectivity index (χ2v) is 6.83. The van der Waals surface area contributed by atoms with Crippen molar-refractivity contribution in [1.82, 2.24) is 5.32 Å². The molecule has 0 spiro atoms. The fraction of sp³-hybridized carbons (Fsp3) is 0.667. The molecule has 124 valence electrons. The monoisotopic (exact) mass is 309 g/mol. The molecule has 0 bridgehead atoms. The fourth-order valence-electron chi connectivity index (χ4n) is 2.92. The van der Waals surface area contributed by atoms with Gasteiger partial charge in [-0.05, 0) is 24.6 Å². The van der Waals surface area contributed by atoms with Crippen molar-refractivity contribution in [2.24, 2.45) is 0 Å². The summed E-state index contributed by atoms with van der Waals surface area (Å²) < 4.78 is 24.3. The molecule has 0 saturated carbocycles. The molecular formula is C18H28FNO2. The topological polar surface area (TPSA) is 30.5 Å². The maximum Gasteiger partial charge on any atom is 0.123 e. The van der Waals surface area contributed by atoms with Crippen molar-refractivity contribution in [3.8, 4) is 0 Å². The summed E-state index contributed by atoms with van der Waals surface area (Å²) in [5, 5.41) is 3.62. The lowest BCUT2D eigenvalue weighted by molar-refractivity contribution is -0.0891. The Morgan fingerprint density at radius 1 is 1.27 bits per heavy atom. The Balaban J connectivity index is 2.00. The number of ether oxygens (including phenoxy) is 2. The van der Waals surface area contributed by atoms with E-state index >= 15 is 0 Å². The Kier molecular flexibility index (Phi) is 5.59.